The summed E-state index contributed by atoms with van der Waals surface area (Å²) in [5.74, 6) is 0. The fraction of sp³-hybridized carbons (Fsp3) is 0.400. The topological polar surface area (TPSA) is 42.2 Å². The van der Waals surface area contributed by atoms with E-state index in [0.717, 1.165) is 35.5 Å². The molecule has 4 nitrogen and oxygen atoms in total. The second kappa shape index (κ2) is 4.72. The van der Waals surface area contributed by atoms with Crippen LogP contribution in [0.3, 0.4) is 0 Å². The van der Waals surface area contributed by atoms with Crippen LogP contribution < -0.4 is 5.32 Å². The van der Waals surface area contributed by atoms with Crippen molar-refractivity contribution in [2.24, 2.45) is 0 Å². The molecule has 2 heterocycles. The summed E-state index contributed by atoms with van der Waals surface area (Å²) in [6.45, 7) is 4.02. The van der Waals surface area contributed by atoms with Crippen molar-refractivity contribution in [3.05, 3.63) is 28.9 Å². The van der Waals surface area contributed by atoms with Crippen LogP contribution in [0.5, 0.6) is 0 Å². The third-order valence-electron chi connectivity index (χ3n) is 2.17. The van der Waals surface area contributed by atoms with Crippen molar-refractivity contribution in [2.75, 3.05) is 6.54 Å². The minimum atomic E-state index is 0.824. The molecule has 0 atom stereocenters. The minimum absolute atomic E-state index is 0.824. The Labute approximate surface area is 96.9 Å². The van der Waals surface area contributed by atoms with Crippen molar-refractivity contribution in [3.8, 4) is 0 Å². The Hall–Kier alpha value is -0.940. The molecule has 0 unspecified atom stereocenters. The Morgan fingerprint density at radius 3 is 3.07 bits per heavy atom. The van der Waals surface area contributed by atoms with Gasteiger partial charge < -0.3 is 5.32 Å². The summed E-state index contributed by atoms with van der Waals surface area (Å²) >= 11 is 3.35. The Morgan fingerprint density at radius 2 is 2.27 bits per heavy atom. The summed E-state index contributed by atoms with van der Waals surface area (Å²) in [4.78, 5) is 8.41. The lowest BCUT2D eigenvalue weighted by Gasteiger charge is -2.03. The van der Waals surface area contributed by atoms with Crippen molar-refractivity contribution < 1.29 is 0 Å². The molecule has 0 fully saturated rings. The molecule has 0 aliphatic rings. The number of halogens is 1. The van der Waals surface area contributed by atoms with Crippen LogP contribution in [0.1, 0.15) is 19.0 Å². The van der Waals surface area contributed by atoms with Gasteiger partial charge in [0, 0.05) is 12.7 Å². The zero-order valence-corrected chi connectivity index (χ0v) is 10.2. The van der Waals surface area contributed by atoms with Gasteiger partial charge in [-0.2, -0.15) is 0 Å². The molecule has 1 N–H and O–H groups in total. The van der Waals surface area contributed by atoms with E-state index in [9.17, 15) is 0 Å². The number of imidazole rings is 1. The summed E-state index contributed by atoms with van der Waals surface area (Å²) < 4.78 is 2.87. The SMILES string of the molecule is CCCNCc1cnc2cnc(Br)cn12. The van der Waals surface area contributed by atoms with Gasteiger partial charge in [0.1, 0.15) is 4.60 Å². The molecule has 0 saturated carbocycles. The van der Waals surface area contributed by atoms with E-state index in [-0.39, 0.29) is 0 Å². The van der Waals surface area contributed by atoms with Crippen LogP contribution in [0.4, 0.5) is 0 Å². The summed E-state index contributed by atoms with van der Waals surface area (Å²) in [6.07, 6.45) is 6.72. The zero-order chi connectivity index (χ0) is 10.7. The van der Waals surface area contributed by atoms with Gasteiger partial charge in [-0.1, -0.05) is 6.92 Å². The lowest BCUT2D eigenvalue weighted by atomic mass is 10.4. The Balaban J connectivity index is 2.23. The van der Waals surface area contributed by atoms with Crippen LogP contribution in [0, 0.1) is 0 Å². The van der Waals surface area contributed by atoms with Crippen LogP contribution in [0.15, 0.2) is 23.2 Å². The van der Waals surface area contributed by atoms with Gasteiger partial charge in [0.2, 0.25) is 0 Å². The zero-order valence-electron chi connectivity index (χ0n) is 8.57. The number of rotatable bonds is 4. The second-order valence-corrected chi connectivity index (χ2v) is 4.18. The Morgan fingerprint density at radius 1 is 1.40 bits per heavy atom. The predicted octanol–water partition coefficient (Wildman–Crippen LogP) is 1.99. The molecular formula is C10H13BrN4. The summed E-state index contributed by atoms with van der Waals surface area (Å²) in [5.41, 5.74) is 2.04. The van der Waals surface area contributed by atoms with E-state index in [1.165, 1.54) is 0 Å². The highest BCUT2D eigenvalue weighted by molar-refractivity contribution is 9.10. The molecule has 0 amide bonds. The first-order valence-corrected chi connectivity index (χ1v) is 5.78. The van der Waals surface area contributed by atoms with Crippen molar-refractivity contribution in [3.63, 3.8) is 0 Å². The fourth-order valence-corrected chi connectivity index (χ4v) is 1.75. The maximum absolute atomic E-state index is 4.28. The van der Waals surface area contributed by atoms with Crippen molar-refractivity contribution in [2.45, 2.75) is 19.9 Å². The predicted molar refractivity (Wildman–Crippen MR) is 62.7 cm³/mol. The maximum Gasteiger partial charge on any atom is 0.155 e. The highest BCUT2D eigenvalue weighted by Gasteiger charge is 2.02. The van der Waals surface area contributed by atoms with Crippen molar-refractivity contribution >= 4 is 21.6 Å². The molecule has 5 heteroatoms. The molecule has 0 aromatic carbocycles. The molecular weight excluding hydrogens is 256 g/mol. The van der Waals surface area contributed by atoms with Gasteiger partial charge in [-0.3, -0.25) is 4.40 Å². The first-order chi connectivity index (χ1) is 7.31. The molecule has 0 spiro atoms. The normalized spacial score (nSPS) is 11.1. The lowest BCUT2D eigenvalue weighted by Crippen LogP contribution is -2.15. The Bertz CT molecular complexity index is 452. The lowest BCUT2D eigenvalue weighted by molar-refractivity contribution is 0.660. The van der Waals surface area contributed by atoms with Crippen LogP contribution in [0.2, 0.25) is 0 Å². The highest BCUT2D eigenvalue weighted by atomic mass is 79.9. The monoisotopic (exact) mass is 268 g/mol. The number of nitrogens with zero attached hydrogens (tertiary/aromatic N) is 3. The summed E-state index contributed by atoms with van der Waals surface area (Å²) in [7, 11) is 0. The fourth-order valence-electron chi connectivity index (χ4n) is 1.44. The van der Waals surface area contributed by atoms with Gasteiger partial charge >= 0.3 is 0 Å². The number of nitrogens with one attached hydrogen (secondary N) is 1. The second-order valence-electron chi connectivity index (χ2n) is 3.36. The molecule has 0 radical (unpaired) electrons. The van der Waals surface area contributed by atoms with E-state index in [4.69, 9.17) is 0 Å². The van der Waals surface area contributed by atoms with Crippen LogP contribution in [-0.4, -0.2) is 20.9 Å². The summed E-state index contributed by atoms with van der Waals surface area (Å²) in [6, 6.07) is 0. The van der Waals surface area contributed by atoms with Gasteiger partial charge in [0.25, 0.3) is 0 Å². The van der Waals surface area contributed by atoms with E-state index in [2.05, 4.69) is 38.1 Å². The van der Waals surface area contributed by atoms with Gasteiger partial charge in [0.05, 0.1) is 18.1 Å². The van der Waals surface area contributed by atoms with Crippen LogP contribution in [-0.2, 0) is 6.54 Å². The highest BCUT2D eigenvalue weighted by Crippen LogP contribution is 2.10. The van der Waals surface area contributed by atoms with Crippen molar-refractivity contribution in [1.82, 2.24) is 19.7 Å². The van der Waals surface area contributed by atoms with Gasteiger partial charge in [-0.15, -0.1) is 0 Å². The number of fused-ring (bicyclic) bond motifs is 1. The molecule has 0 bridgehead atoms. The first-order valence-electron chi connectivity index (χ1n) is 4.99. The molecule has 2 rings (SSSR count). The van der Waals surface area contributed by atoms with E-state index in [1.807, 2.05) is 16.8 Å². The number of hydrogen-bond donors (Lipinski definition) is 1. The molecule has 15 heavy (non-hydrogen) atoms. The molecule has 2 aromatic rings. The van der Waals surface area contributed by atoms with Gasteiger partial charge in [-0.05, 0) is 28.9 Å². The number of aromatic nitrogens is 3. The standard InChI is InChI=1S/C10H13BrN4/c1-2-3-12-4-8-5-14-10-6-13-9(11)7-15(8)10/h5-7,12H,2-4H2,1H3. The van der Waals surface area contributed by atoms with Crippen molar-refractivity contribution in [1.29, 1.82) is 0 Å². The van der Waals surface area contributed by atoms with E-state index >= 15 is 0 Å². The maximum atomic E-state index is 4.28. The third-order valence-corrected chi connectivity index (χ3v) is 2.58. The first kappa shape index (κ1) is 10.6. The summed E-state index contributed by atoms with van der Waals surface area (Å²) in [5, 5.41) is 3.35. The Kier molecular flexibility index (Phi) is 3.33. The molecule has 0 aliphatic heterocycles. The largest absolute Gasteiger partial charge is 0.311 e. The molecule has 0 saturated heterocycles. The van der Waals surface area contributed by atoms with E-state index < -0.39 is 0 Å². The average Bonchev–Trinajstić information content (AvgIpc) is 2.62. The molecule has 0 aliphatic carbocycles. The van der Waals surface area contributed by atoms with Gasteiger partial charge in [0.15, 0.2) is 5.65 Å². The van der Waals surface area contributed by atoms with Crippen LogP contribution in [0.25, 0.3) is 5.65 Å². The van der Waals surface area contributed by atoms with E-state index in [0.29, 0.717) is 0 Å². The van der Waals surface area contributed by atoms with E-state index in [1.54, 1.807) is 6.20 Å². The number of hydrogen-bond acceptors (Lipinski definition) is 3. The smallest absolute Gasteiger partial charge is 0.155 e. The quantitative estimate of drug-likeness (QED) is 0.863. The molecule has 2 aromatic heterocycles. The minimum Gasteiger partial charge on any atom is -0.311 e. The van der Waals surface area contributed by atoms with Gasteiger partial charge in [-0.25, -0.2) is 9.97 Å². The average molecular weight is 269 g/mol. The van der Waals surface area contributed by atoms with Crippen LogP contribution >= 0.6 is 15.9 Å². The molecule has 80 valence electrons. The third kappa shape index (κ3) is 2.35.